The Bertz CT molecular complexity index is 1070. The lowest BCUT2D eigenvalue weighted by molar-refractivity contribution is -0.141. The highest BCUT2D eigenvalue weighted by molar-refractivity contribution is 8.01. The Hall–Kier alpha value is -2.78. The van der Waals surface area contributed by atoms with Crippen LogP contribution in [0.15, 0.2) is 42.5 Å². The molecule has 0 aromatic heterocycles. The fourth-order valence-corrected chi connectivity index (χ4v) is 5.84. The molecule has 1 atom stereocenters. The summed E-state index contributed by atoms with van der Waals surface area (Å²) in [7, 11) is 0. The average molecular weight is 404 g/mol. The molecule has 3 aliphatic rings. The lowest BCUT2D eigenvalue weighted by Gasteiger charge is -2.33. The third-order valence-electron chi connectivity index (χ3n) is 5.94. The summed E-state index contributed by atoms with van der Waals surface area (Å²) < 4.78 is 0. The second kappa shape index (κ2) is 6.64. The van der Waals surface area contributed by atoms with E-state index in [-0.39, 0.29) is 17.7 Å². The zero-order valence-corrected chi connectivity index (χ0v) is 17.0. The second-order valence-corrected chi connectivity index (χ2v) is 9.27. The smallest absolute Gasteiger partial charge is 0.268 e. The predicted octanol–water partition coefficient (Wildman–Crippen LogP) is 3.55. The standard InChI is InChI=1S/C23H21N3O2S/c1-15-5-8-20-19(11-15)23(26(9-10-29-23)21(27)18-6-7-18)22(28)25(20)14-17-4-2-3-16(12-17)13-24/h2-5,8,11-12,18H,6-7,9-10,14H2,1H3/t23-/m1/s1. The Balaban J connectivity index is 1.59. The number of benzene rings is 2. The average Bonchev–Trinajstić information content (AvgIpc) is 3.45. The van der Waals surface area contributed by atoms with E-state index in [4.69, 9.17) is 0 Å². The predicted molar refractivity (Wildman–Crippen MR) is 112 cm³/mol. The van der Waals surface area contributed by atoms with Crippen LogP contribution in [0.4, 0.5) is 5.69 Å². The fraction of sp³-hybridized carbons (Fsp3) is 0.348. The van der Waals surface area contributed by atoms with Gasteiger partial charge in [-0.1, -0.05) is 29.8 Å². The zero-order chi connectivity index (χ0) is 20.2. The number of thioether (sulfide) groups is 1. The van der Waals surface area contributed by atoms with Gasteiger partial charge in [0.1, 0.15) is 0 Å². The van der Waals surface area contributed by atoms with Gasteiger partial charge in [0, 0.05) is 23.8 Å². The van der Waals surface area contributed by atoms with Gasteiger partial charge in [0.25, 0.3) is 5.91 Å². The van der Waals surface area contributed by atoms with Crippen LogP contribution in [0, 0.1) is 24.2 Å². The molecule has 1 spiro atoms. The monoisotopic (exact) mass is 403 g/mol. The molecule has 5 rings (SSSR count). The molecule has 1 saturated heterocycles. The molecule has 2 fully saturated rings. The summed E-state index contributed by atoms with van der Waals surface area (Å²) in [5.41, 5.74) is 4.36. The molecule has 6 heteroatoms. The molecule has 146 valence electrons. The largest absolute Gasteiger partial charge is 0.315 e. The van der Waals surface area contributed by atoms with E-state index in [2.05, 4.69) is 12.1 Å². The minimum atomic E-state index is -0.951. The van der Waals surface area contributed by atoms with Crippen LogP contribution in [-0.4, -0.2) is 29.0 Å². The summed E-state index contributed by atoms with van der Waals surface area (Å²) >= 11 is 1.58. The molecule has 0 N–H and O–H groups in total. The van der Waals surface area contributed by atoms with Crippen LogP contribution in [0.3, 0.4) is 0 Å². The summed E-state index contributed by atoms with van der Waals surface area (Å²) in [5, 5.41) is 9.21. The molecule has 2 amide bonds. The van der Waals surface area contributed by atoms with Crippen molar-refractivity contribution in [1.82, 2.24) is 4.90 Å². The topological polar surface area (TPSA) is 64.4 Å². The first kappa shape index (κ1) is 18.3. The summed E-state index contributed by atoms with van der Waals surface area (Å²) in [6.07, 6.45) is 1.85. The minimum Gasteiger partial charge on any atom is -0.315 e. The van der Waals surface area contributed by atoms with Crippen molar-refractivity contribution in [3.05, 3.63) is 64.7 Å². The van der Waals surface area contributed by atoms with Gasteiger partial charge in [-0.05, 0) is 43.5 Å². The van der Waals surface area contributed by atoms with Crippen molar-refractivity contribution in [2.24, 2.45) is 5.92 Å². The van der Waals surface area contributed by atoms with E-state index in [1.165, 1.54) is 0 Å². The SMILES string of the molecule is Cc1ccc2c(c1)[C@@]1(SCCN1C(=O)C1CC1)C(=O)N2Cc1cccc(C#N)c1. The second-order valence-electron chi connectivity index (χ2n) is 7.98. The highest BCUT2D eigenvalue weighted by Gasteiger charge is 2.60. The number of aryl methyl sites for hydroxylation is 1. The maximum absolute atomic E-state index is 13.9. The number of hydrogen-bond acceptors (Lipinski definition) is 4. The Labute approximate surface area is 174 Å². The quantitative estimate of drug-likeness (QED) is 0.786. The van der Waals surface area contributed by atoms with Crippen LogP contribution >= 0.6 is 11.8 Å². The molecule has 29 heavy (non-hydrogen) atoms. The molecule has 2 aromatic carbocycles. The van der Waals surface area contributed by atoms with E-state index < -0.39 is 4.87 Å². The van der Waals surface area contributed by atoms with E-state index in [9.17, 15) is 14.9 Å². The Morgan fingerprint density at radius 3 is 2.86 bits per heavy atom. The molecule has 1 aliphatic carbocycles. The van der Waals surface area contributed by atoms with Crippen molar-refractivity contribution in [1.29, 1.82) is 5.26 Å². The molecule has 0 radical (unpaired) electrons. The van der Waals surface area contributed by atoms with Gasteiger partial charge >= 0.3 is 0 Å². The highest BCUT2D eigenvalue weighted by Crippen LogP contribution is 2.55. The third kappa shape index (κ3) is 2.76. The van der Waals surface area contributed by atoms with Crippen LogP contribution in [0.5, 0.6) is 0 Å². The number of carbonyl (C=O) groups excluding carboxylic acids is 2. The number of nitrogens with zero attached hydrogens (tertiary/aromatic N) is 3. The maximum atomic E-state index is 13.9. The van der Waals surface area contributed by atoms with Crippen molar-refractivity contribution in [2.75, 3.05) is 17.2 Å². The van der Waals surface area contributed by atoms with Crippen molar-refractivity contribution in [2.45, 2.75) is 31.2 Å². The van der Waals surface area contributed by atoms with Crippen LogP contribution < -0.4 is 4.90 Å². The molecule has 2 heterocycles. The first-order valence-electron chi connectivity index (χ1n) is 9.92. The molecule has 1 saturated carbocycles. The van der Waals surface area contributed by atoms with E-state index in [1.807, 2.05) is 42.2 Å². The number of amides is 2. The maximum Gasteiger partial charge on any atom is 0.268 e. The van der Waals surface area contributed by atoms with E-state index in [0.29, 0.717) is 18.7 Å². The van der Waals surface area contributed by atoms with Gasteiger partial charge in [-0.2, -0.15) is 5.26 Å². The highest BCUT2D eigenvalue weighted by atomic mass is 32.2. The first-order chi connectivity index (χ1) is 14.0. The lowest BCUT2D eigenvalue weighted by Crippen LogP contribution is -2.50. The lowest BCUT2D eigenvalue weighted by atomic mass is 10.0. The van der Waals surface area contributed by atoms with Crippen molar-refractivity contribution < 1.29 is 9.59 Å². The van der Waals surface area contributed by atoms with Crippen LogP contribution in [0.25, 0.3) is 0 Å². The molecule has 0 unspecified atom stereocenters. The van der Waals surface area contributed by atoms with Crippen LogP contribution in [-0.2, 0) is 21.0 Å². The van der Waals surface area contributed by atoms with E-state index in [0.717, 1.165) is 41.0 Å². The Kier molecular flexibility index (Phi) is 4.18. The van der Waals surface area contributed by atoms with Gasteiger partial charge < -0.3 is 9.80 Å². The van der Waals surface area contributed by atoms with Gasteiger partial charge in [0.2, 0.25) is 5.91 Å². The number of hydrogen-bond donors (Lipinski definition) is 0. The third-order valence-corrected chi connectivity index (χ3v) is 7.36. The van der Waals surface area contributed by atoms with Gasteiger partial charge in [-0.15, -0.1) is 11.8 Å². The van der Waals surface area contributed by atoms with Gasteiger partial charge in [0.05, 0.1) is 23.9 Å². The van der Waals surface area contributed by atoms with Crippen molar-refractivity contribution >= 4 is 29.3 Å². The number of nitriles is 1. The summed E-state index contributed by atoms with van der Waals surface area (Å²) in [5.74, 6) is 0.907. The number of anilines is 1. The normalized spacial score (nSPS) is 22.8. The molecule has 2 aliphatic heterocycles. The van der Waals surface area contributed by atoms with Crippen LogP contribution in [0.2, 0.25) is 0 Å². The minimum absolute atomic E-state index is 0.0445. The van der Waals surface area contributed by atoms with Crippen molar-refractivity contribution in [3.8, 4) is 6.07 Å². The van der Waals surface area contributed by atoms with Gasteiger partial charge in [-0.25, -0.2) is 0 Å². The molecule has 2 aromatic rings. The first-order valence-corrected chi connectivity index (χ1v) is 10.9. The number of carbonyl (C=O) groups is 2. The number of fused-ring (bicyclic) bond motifs is 2. The van der Waals surface area contributed by atoms with Crippen molar-refractivity contribution in [3.63, 3.8) is 0 Å². The van der Waals surface area contributed by atoms with E-state index in [1.54, 1.807) is 22.7 Å². The molecular formula is C23H21N3O2S. The zero-order valence-electron chi connectivity index (χ0n) is 16.2. The summed E-state index contributed by atoms with van der Waals surface area (Å²) in [4.78, 5) is 29.6. The number of rotatable bonds is 3. The fourth-order valence-electron chi connectivity index (χ4n) is 4.38. The van der Waals surface area contributed by atoms with Gasteiger partial charge in [-0.3, -0.25) is 9.59 Å². The molecular weight excluding hydrogens is 382 g/mol. The Morgan fingerprint density at radius 1 is 1.28 bits per heavy atom. The Morgan fingerprint density at radius 2 is 2.10 bits per heavy atom. The molecule has 5 nitrogen and oxygen atoms in total. The summed E-state index contributed by atoms with van der Waals surface area (Å²) in [6.45, 7) is 3.01. The van der Waals surface area contributed by atoms with Gasteiger partial charge in [0.15, 0.2) is 4.87 Å². The molecule has 0 bridgehead atoms. The van der Waals surface area contributed by atoms with Crippen LogP contribution in [0.1, 0.15) is 35.1 Å². The van der Waals surface area contributed by atoms with E-state index >= 15 is 0 Å². The summed E-state index contributed by atoms with van der Waals surface area (Å²) in [6, 6.07) is 15.6.